The van der Waals surface area contributed by atoms with Crippen molar-refractivity contribution in [2.75, 3.05) is 19.9 Å². The van der Waals surface area contributed by atoms with Gasteiger partial charge in [-0.3, -0.25) is 4.79 Å². The lowest BCUT2D eigenvalue weighted by Crippen LogP contribution is -2.39. The van der Waals surface area contributed by atoms with Gasteiger partial charge in [0.25, 0.3) is 5.91 Å². The number of rotatable bonds is 3. The summed E-state index contributed by atoms with van der Waals surface area (Å²) in [6.07, 6.45) is 5.14. The van der Waals surface area contributed by atoms with Crippen LogP contribution in [0, 0.1) is 6.92 Å². The molecule has 0 radical (unpaired) electrons. The zero-order chi connectivity index (χ0) is 19.8. The molecule has 1 aromatic carbocycles. The van der Waals surface area contributed by atoms with Crippen LogP contribution in [0.1, 0.15) is 40.5 Å². The van der Waals surface area contributed by atoms with Crippen LogP contribution in [0.2, 0.25) is 0 Å². The lowest BCUT2D eigenvalue weighted by Gasteiger charge is -2.33. The molecule has 2 aliphatic heterocycles. The molecule has 0 spiro atoms. The molecule has 8 nitrogen and oxygen atoms in total. The van der Waals surface area contributed by atoms with Crippen molar-refractivity contribution in [1.29, 1.82) is 0 Å². The maximum atomic E-state index is 13.1. The standard InChI is InChI=1S/C21H20N4O4/c1-13-7-18(29-24-13)16-9-22-11-23-20(16)15-3-2-6-25(10-15)21(26)14-4-5-17-19(8-14)28-12-27-17/h4-5,7-9,11,15H,2-3,6,10,12H2,1H3/t15-/m1/s1. The summed E-state index contributed by atoms with van der Waals surface area (Å²) < 4.78 is 16.2. The van der Waals surface area contributed by atoms with Gasteiger partial charge in [0.1, 0.15) is 6.33 Å². The molecule has 29 heavy (non-hydrogen) atoms. The Morgan fingerprint density at radius 1 is 1.21 bits per heavy atom. The second-order valence-corrected chi connectivity index (χ2v) is 7.31. The first-order chi connectivity index (χ1) is 14.2. The van der Waals surface area contributed by atoms with Crippen molar-refractivity contribution in [3.8, 4) is 22.8 Å². The van der Waals surface area contributed by atoms with Gasteiger partial charge in [-0.1, -0.05) is 5.16 Å². The molecule has 5 rings (SSSR count). The van der Waals surface area contributed by atoms with Gasteiger partial charge in [-0.05, 0) is 38.0 Å². The molecule has 2 aliphatic rings. The summed E-state index contributed by atoms with van der Waals surface area (Å²) >= 11 is 0. The van der Waals surface area contributed by atoms with Gasteiger partial charge in [0.2, 0.25) is 6.79 Å². The van der Waals surface area contributed by atoms with Crippen LogP contribution in [-0.4, -0.2) is 45.8 Å². The number of nitrogens with zero attached hydrogens (tertiary/aromatic N) is 4. The van der Waals surface area contributed by atoms with Crippen molar-refractivity contribution in [2.45, 2.75) is 25.7 Å². The van der Waals surface area contributed by atoms with E-state index in [-0.39, 0.29) is 18.6 Å². The average molecular weight is 392 g/mol. The molecule has 148 valence electrons. The Hall–Kier alpha value is -3.42. The van der Waals surface area contributed by atoms with Crippen LogP contribution in [0.25, 0.3) is 11.3 Å². The van der Waals surface area contributed by atoms with Crippen LogP contribution in [0.15, 0.2) is 41.3 Å². The van der Waals surface area contributed by atoms with E-state index in [0.717, 1.165) is 29.8 Å². The molecule has 1 saturated heterocycles. The molecule has 0 bridgehead atoms. The number of hydrogen-bond acceptors (Lipinski definition) is 7. The number of fused-ring (bicyclic) bond motifs is 1. The SMILES string of the molecule is Cc1cc(-c2cncnc2[C@@H]2CCCN(C(=O)c3ccc4c(c3)OCO4)C2)on1. The van der Waals surface area contributed by atoms with Crippen molar-refractivity contribution in [1.82, 2.24) is 20.0 Å². The number of aromatic nitrogens is 3. The summed E-state index contributed by atoms with van der Waals surface area (Å²) in [5, 5.41) is 3.97. The fourth-order valence-electron chi connectivity index (χ4n) is 3.94. The van der Waals surface area contributed by atoms with Crippen molar-refractivity contribution in [2.24, 2.45) is 0 Å². The predicted octanol–water partition coefficient (Wildman–Crippen LogP) is 3.19. The number of hydrogen-bond donors (Lipinski definition) is 0. The second-order valence-electron chi connectivity index (χ2n) is 7.31. The molecule has 2 aromatic heterocycles. The molecular weight excluding hydrogens is 372 g/mol. The summed E-state index contributed by atoms with van der Waals surface area (Å²) in [5.74, 6) is 2.02. The minimum absolute atomic E-state index is 0.0147. The highest BCUT2D eigenvalue weighted by molar-refractivity contribution is 5.95. The molecule has 0 unspecified atom stereocenters. The van der Waals surface area contributed by atoms with E-state index in [4.69, 9.17) is 14.0 Å². The van der Waals surface area contributed by atoms with Crippen LogP contribution in [-0.2, 0) is 0 Å². The minimum Gasteiger partial charge on any atom is -0.454 e. The summed E-state index contributed by atoms with van der Waals surface area (Å²) in [4.78, 5) is 23.7. The van der Waals surface area contributed by atoms with Gasteiger partial charge >= 0.3 is 0 Å². The van der Waals surface area contributed by atoms with Crippen LogP contribution >= 0.6 is 0 Å². The van der Waals surface area contributed by atoms with E-state index in [1.54, 1.807) is 30.7 Å². The van der Waals surface area contributed by atoms with Gasteiger partial charge in [0.05, 0.1) is 17.0 Å². The molecule has 3 aromatic rings. The number of carbonyl (C=O) groups excluding carboxylic acids is 1. The van der Waals surface area contributed by atoms with Crippen molar-refractivity contribution in [3.63, 3.8) is 0 Å². The first-order valence-electron chi connectivity index (χ1n) is 9.61. The summed E-state index contributed by atoms with van der Waals surface area (Å²) in [6.45, 7) is 3.37. The molecule has 0 aliphatic carbocycles. The highest BCUT2D eigenvalue weighted by Crippen LogP contribution is 2.35. The first kappa shape index (κ1) is 17.7. The van der Waals surface area contributed by atoms with Gasteiger partial charge in [-0.15, -0.1) is 0 Å². The van der Waals surface area contributed by atoms with Crippen molar-refractivity contribution in [3.05, 3.63) is 53.7 Å². The predicted molar refractivity (Wildman–Crippen MR) is 103 cm³/mol. The fraction of sp³-hybridized carbons (Fsp3) is 0.333. The monoisotopic (exact) mass is 392 g/mol. The van der Waals surface area contributed by atoms with E-state index in [9.17, 15) is 4.79 Å². The smallest absolute Gasteiger partial charge is 0.254 e. The van der Waals surface area contributed by atoms with Gasteiger partial charge < -0.3 is 18.9 Å². The molecule has 4 heterocycles. The minimum atomic E-state index is -0.0147. The van der Waals surface area contributed by atoms with Gasteiger partial charge in [-0.25, -0.2) is 9.97 Å². The maximum Gasteiger partial charge on any atom is 0.254 e. The molecular formula is C21H20N4O4. The lowest BCUT2D eigenvalue weighted by molar-refractivity contribution is 0.0705. The second kappa shape index (κ2) is 7.20. The number of amides is 1. The average Bonchev–Trinajstić information content (AvgIpc) is 3.41. The molecule has 1 fully saturated rings. The zero-order valence-corrected chi connectivity index (χ0v) is 16.0. The molecule has 1 atom stereocenters. The van der Waals surface area contributed by atoms with E-state index in [1.807, 2.05) is 17.9 Å². The first-order valence-corrected chi connectivity index (χ1v) is 9.61. The fourth-order valence-corrected chi connectivity index (χ4v) is 3.94. The van der Waals surface area contributed by atoms with Crippen LogP contribution < -0.4 is 9.47 Å². The van der Waals surface area contributed by atoms with E-state index < -0.39 is 0 Å². The number of ether oxygens (including phenoxy) is 2. The third kappa shape index (κ3) is 3.30. The third-order valence-electron chi connectivity index (χ3n) is 5.35. The number of benzene rings is 1. The van der Waals surface area contributed by atoms with E-state index in [1.165, 1.54) is 0 Å². The van der Waals surface area contributed by atoms with Gasteiger partial charge in [-0.2, -0.15) is 0 Å². The quantitative estimate of drug-likeness (QED) is 0.676. The number of piperidine rings is 1. The zero-order valence-electron chi connectivity index (χ0n) is 16.0. The summed E-state index contributed by atoms with van der Waals surface area (Å²) in [7, 11) is 0. The van der Waals surface area contributed by atoms with E-state index in [0.29, 0.717) is 35.9 Å². The van der Waals surface area contributed by atoms with Crippen LogP contribution in [0.3, 0.4) is 0 Å². The Labute approximate surface area is 167 Å². The highest BCUT2D eigenvalue weighted by Gasteiger charge is 2.29. The Morgan fingerprint density at radius 2 is 2.10 bits per heavy atom. The van der Waals surface area contributed by atoms with Crippen LogP contribution in [0.4, 0.5) is 0 Å². The maximum absolute atomic E-state index is 13.1. The van der Waals surface area contributed by atoms with E-state index >= 15 is 0 Å². The molecule has 8 heteroatoms. The van der Waals surface area contributed by atoms with E-state index in [2.05, 4.69) is 15.1 Å². The van der Waals surface area contributed by atoms with Crippen molar-refractivity contribution >= 4 is 5.91 Å². The normalized spacial score (nSPS) is 18.1. The van der Waals surface area contributed by atoms with Crippen molar-refractivity contribution < 1.29 is 18.8 Å². The number of carbonyl (C=O) groups is 1. The number of aryl methyl sites for hydroxylation is 1. The third-order valence-corrected chi connectivity index (χ3v) is 5.35. The number of likely N-dealkylation sites (tertiary alicyclic amines) is 1. The topological polar surface area (TPSA) is 90.6 Å². The van der Waals surface area contributed by atoms with Gasteiger partial charge in [0.15, 0.2) is 17.3 Å². The molecule has 1 amide bonds. The Morgan fingerprint density at radius 3 is 2.97 bits per heavy atom. The van der Waals surface area contributed by atoms with Gasteiger partial charge in [0, 0.05) is 36.8 Å². The summed E-state index contributed by atoms with van der Waals surface area (Å²) in [6, 6.07) is 7.20. The molecule has 0 saturated carbocycles. The largest absolute Gasteiger partial charge is 0.454 e. The Kier molecular flexibility index (Phi) is 4.38. The Balaban J connectivity index is 1.40. The summed E-state index contributed by atoms with van der Waals surface area (Å²) in [5.41, 5.74) is 3.12. The highest BCUT2D eigenvalue weighted by atomic mass is 16.7. The lowest BCUT2D eigenvalue weighted by atomic mass is 9.91. The Bertz CT molecular complexity index is 1060. The molecule has 0 N–H and O–H groups in total. The van der Waals surface area contributed by atoms with Crippen LogP contribution in [0.5, 0.6) is 11.5 Å².